The van der Waals surface area contributed by atoms with Gasteiger partial charge in [0.2, 0.25) is 0 Å². The van der Waals surface area contributed by atoms with Gasteiger partial charge in [0, 0.05) is 5.69 Å². The second-order valence-electron chi connectivity index (χ2n) is 4.16. The fourth-order valence-corrected chi connectivity index (χ4v) is 1.99. The highest BCUT2D eigenvalue weighted by Crippen LogP contribution is 2.25. The van der Waals surface area contributed by atoms with E-state index in [-0.39, 0.29) is 6.54 Å². The van der Waals surface area contributed by atoms with Gasteiger partial charge in [-0.1, -0.05) is 18.2 Å². The number of methoxy groups -OCH3 is 1. The molecule has 3 amide bonds. The zero-order valence-corrected chi connectivity index (χ0v) is 10.7. The Bertz CT molecular complexity index is 515. The summed E-state index contributed by atoms with van der Waals surface area (Å²) in [4.78, 5) is 37.7. The zero-order chi connectivity index (χ0) is 14.0. The molecule has 0 radical (unpaired) electrons. The first-order chi connectivity index (χ1) is 9.06. The molecule has 0 saturated carbocycles. The standard InChI is InChI=1S/C13H14N2O4/c1-9-12(17)14(8-11(16)19-2)13(18)15(9)10-6-4-3-5-7-10/h3-7,9H,8H2,1-2H3/t9-/m0/s1. The van der Waals surface area contributed by atoms with Gasteiger partial charge in [0.05, 0.1) is 7.11 Å². The van der Waals surface area contributed by atoms with Gasteiger partial charge in [-0.3, -0.25) is 19.4 Å². The number of para-hydroxylation sites is 1. The summed E-state index contributed by atoms with van der Waals surface area (Å²) < 4.78 is 4.48. The van der Waals surface area contributed by atoms with Gasteiger partial charge in [0.25, 0.3) is 5.91 Å². The summed E-state index contributed by atoms with van der Waals surface area (Å²) in [6, 6.07) is 7.73. The second kappa shape index (κ2) is 5.09. The second-order valence-corrected chi connectivity index (χ2v) is 4.16. The molecule has 1 aromatic rings. The van der Waals surface area contributed by atoms with Gasteiger partial charge < -0.3 is 4.74 Å². The third-order valence-corrected chi connectivity index (χ3v) is 3.00. The van der Waals surface area contributed by atoms with Gasteiger partial charge in [-0.25, -0.2) is 4.79 Å². The Labute approximate surface area is 110 Å². The van der Waals surface area contributed by atoms with Crippen LogP contribution in [0.25, 0.3) is 0 Å². The molecule has 0 N–H and O–H groups in total. The molecule has 1 fully saturated rings. The number of esters is 1. The Morgan fingerprint density at radius 3 is 2.47 bits per heavy atom. The van der Waals surface area contributed by atoms with E-state index in [1.807, 2.05) is 6.07 Å². The number of carbonyl (C=O) groups is 3. The van der Waals surface area contributed by atoms with Crippen LogP contribution in [0.3, 0.4) is 0 Å². The van der Waals surface area contributed by atoms with E-state index in [0.717, 1.165) is 4.90 Å². The molecule has 19 heavy (non-hydrogen) atoms. The van der Waals surface area contributed by atoms with E-state index >= 15 is 0 Å². The minimum Gasteiger partial charge on any atom is -0.468 e. The van der Waals surface area contributed by atoms with Crippen LogP contribution in [-0.2, 0) is 14.3 Å². The van der Waals surface area contributed by atoms with E-state index < -0.39 is 23.9 Å². The summed E-state index contributed by atoms with van der Waals surface area (Å²) in [6.45, 7) is 1.27. The van der Waals surface area contributed by atoms with Crippen molar-refractivity contribution in [1.82, 2.24) is 4.90 Å². The average molecular weight is 262 g/mol. The van der Waals surface area contributed by atoms with Gasteiger partial charge in [-0.2, -0.15) is 0 Å². The molecule has 2 rings (SSSR count). The summed E-state index contributed by atoms with van der Waals surface area (Å²) in [7, 11) is 1.21. The van der Waals surface area contributed by atoms with E-state index in [9.17, 15) is 14.4 Å². The van der Waals surface area contributed by atoms with Gasteiger partial charge in [-0.05, 0) is 19.1 Å². The quantitative estimate of drug-likeness (QED) is 0.602. The molecule has 1 aliphatic heterocycles. The molecule has 100 valence electrons. The van der Waals surface area contributed by atoms with Crippen molar-refractivity contribution >= 4 is 23.6 Å². The topological polar surface area (TPSA) is 66.9 Å². The highest BCUT2D eigenvalue weighted by molar-refractivity contribution is 6.15. The highest BCUT2D eigenvalue weighted by Gasteiger charge is 2.44. The van der Waals surface area contributed by atoms with Crippen molar-refractivity contribution in [3.05, 3.63) is 30.3 Å². The predicted octanol–water partition coefficient (Wildman–Crippen LogP) is 1.02. The smallest absolute Gasteiger partial charge is 0.332 e. The number of hydrogen-bond acceptors (Lipinski definition) is 4. The molecule has 1 aromatic carbocycles. The molecule has 1 saturated heterocycles. The molecule has 0 aliphatic carbocycles. The Balaban J connectivity index is 2.27. The number of carbonyl (C=O) groups excluding carboxylic acids is 3. The van der Waals surface area contributed by atoms with Crippen LogP contribution in [0.4, 0.5) is 10.5 Å². The van der Waals surface area contributed by atoms with Crippen molar-refractivity contribution in [2.75, 3.05) is 18.6 Å². The van der Waals surface area contributed by atoms with E-state index in [1.165, 1.54) is 12.0 Å². The Hall–Kier alpha value is -2.37. The van der Waals surface area contributed by atoms with Crippen molar-refractivity contribution in [3.8, 4) is 0 Å². The summed E-state index contributed by atoms with van der Waals surface area (Å²) in [6.07, 6.45) is 0. The minimum atomic E-state index is -0.625. The van der Waals surface area contributed by atoms with Crippen molar-refractivity contribution in [3.63, 3.8) is 0 Å². The third-order valence-electron chi connectivity index (χ3n) is 3.00. The van der Waals surface area contributed by atoms with Gasteiger partial charge in [-0.15, -0.1) is 0 Å². The SMILES string of the molecule is COC(=O)CN1C(=O)[C@H](C)N(c2ccccc2)C1=O. The maximum Gasteiger partial charge on any atom is 0.332 e. The van der Waals surface area contributed by atoms with E-state index in [2.05, 4.69) is 4.74 Å². The van der Waals surface area contributed by atoms with Crippen LogP contribution in [0, 0.1) is 0 Å². The van der Waals surface area contributed by atoms with Crippen molar-refractivity contribution < 1.29 is 19.1 Å². The maximum atomic E-state index is 12.2. The lowest BCUT2D eigenvalue weighted by Gasteiger charge is -2.18. The molecule has 6 heteroatoms. The van der Waals surface area contributed by atoms with Crippen LogP contribution < -0.4 is 4.90 Å². The summed E-state index contributed by atoms with van der Waals surface area (Å²) in [5.74, 6) is -1.02. The molecular weight excluding hydrogens is 248 g/mol. The average Bonchev–Trinajstić information content (AvgIpc) is 2.63. The minimum absolute atomic E-state index is 0.359. The van der Waals surface area contributed by atoms with E-state index in [0.29, 0.717) is 5.69 Å². The summed E-state index contributed by atoms with van der Waals surface area (Å²) in [5.41, 5.74) is 0.626. The normalized spacial score (nSPS) is 18.9. The van der Waals surface area contributed by atoms with E-state index in [4.69, 9.17) is 0 Å². The Morgan fingerprint density at radius 1 is 1.26 bits per heavy atom. The lowest BCUT2D eigenvalue weighted by molar-refractivity contribution is -0.144. The van der Waals surface area contributed by atoms with Gasteiger partial charge >= 0.3 is 12.0 Å². The molecule has 0 bridgehead atoms. The van der Waals surface area contributed by atoms with Crippen molar-refractivity contribution in [1.29, 1.82) is 0 Å². The highest BCUT2D eigenvalue weighted by atomic mass is 16.5. The first-order valence-electron chi connectivity index (χ1n) is 5.82. The maximum absolute atomic E-state index is 12.2. The number of amides is 3. The molecule has 1 heterocycles. The van der Waals surface area contributed by atoms with Crippen LogP contribution in [0.2, 0.25) is 0 Å². The number of ether oxygens (including phenoxy) is 1. The molecule has 0 spiro atoms. The van der Waals surface area contributed by atoms with Gasteiger partial charge in [0.15, 0.2) is 0 Å². The fourth-order valence-electron chi connectivity index (χ4n) is 1.99. The monoisotopic (exact) mass is 262 g/mol. The number of imide groups is 1. The lowest BCUT2D eigenvalue weighted by atomic mass is 10.2. The number of hydrogen-bond donors (Lipinski definition) is 0. The van der Waals surface area contributed by atoms with Crippen molar-refractivity contribution in [2.24, 2.45) is 0 Å². The Morgan fingerprint density at radius 2 is 1.89 bits per heavy atom. The van der Waals surface area contributed by atoms with Crippen LogP contribution >= 0.6 is 0 Å². The largest absolute Gasteiger partial charge is 0.468 e. The van der Waals surface area contributed by atoms with Crippen LogP contribution in [0.5, 0.6) is 0 Å². The van der Waals surface area contributed by atoms with Crippen LogP contribution in [0.1, 0.15) is 6.92 Å². The van der Waals surface area contributed by atoms with E-state index in [1.54, 1.807) is 31.2 Å². The van der Waals surface area contributed by atoms with Crippen LogP contribution in [0.15, 0.2) is 30.3 Å². The molecule has 1 atom stereocenters. The number of benzene rings is 1. The first kappa shape index (κ1) is 13.1. The molecule has 6 nitrogen and oxygen atoms in total. The summed E-state index contributed by atoms with van der Waals surface area (Å²) in [5, 5.41) is 0. The molecular formula is C13H14N2O4. The molecule has 0 unspecified atom stereocenters. The fraction of sp³-hybridized carbons (Fsp3) is 0.308. The summed E-state index contributed by atoms with van der Waals surface area (Å²) >= 11 is 0. The number of rotatable bonds is 3. The zero-order valence-electron chi connectivity index (χ0n) is 10.7. The Kier molecular flexibility index (Phi) is 3.50. The lowest BCUT2D eigenvalue weighted by Crippen LogP contribution is -2.37. The number of nitrogens with zero attached hydrogens (tertiary/aromatic N) is 2. The first-order valence-corrected chi connectivity index (χ1v) is 5.82. The van der Waals surface area contributed by atoms with Crippen LogP contribution in [-0.4, -0.2) is 42.5 Å². The number of anilines is 1. The van der Waals surface area contributed by atoms with Crippen molar-refractivity contribution in [2.45, 2.75) is 13.0 Å². The molecule has 0 aromatic heterocycles. The predicted molar refractivity (Wildman–Crippen MR) is 67.5 cm³/mol. The molecule has 1 aliphatic rings. The van der Waals surface area contributed by atoms with Gasteiger partial charge in [0.1, 0.15) is 12.6 Å². The number of urea groups is 1. The third kappa shape index (κ3) is 2.29.